The van der Waals surface area contributed by atoms with Gasteiger partial charge in [0.1, 0.15) is 17.7 Å². The van der Waals surface area contributed by atoms with Gasteiger partial charge in [0.2, 0.25) is 5.91 Å². The van der Waals surface area contributed by atoms with Gasteiger partial charge in [0.05, 0.1) is 11.7 Å². The fourth-order valence-electron chi connectivity index (χ4n) is 3.91. The number of carbonyl (C=O) groups excluding carboxylic acids is 1. The van der Waals surface area contributed by atoms with E-state index in [4.69, 9.17) is 4.43 Å². The molecule has 35 heavy (non-hydrogen) atoms. The summed E-state index contributed by atoms with van der Waals surface area (Å²) in [5.41, 5.74) is 0.161. The van der Waals surface area contributed by atoms with Gasteiger partial charge in [-0.1, -0.05) is 20.8 Å². The quantitative estimate of drug-likeness (QED) is 0.370. The lowest BCUT2D eigenvalue weighted by atomic mass is 10.1. The summed E-state index contributed by atoms with van der Waals surface area (Å²) in [5.74, 6) is -0.753. The Balaban J connectivity index is 2.00. The maximum absolute atomic E-state index is 13.7. The molecule has 10 heteroatoms. The summed E-state index contributed by atoms with van der Waals surface area (Å²) in [4.78, 5) is 19.5. The van der Waals surface area contributed by atoms with E-state index in [-0.39, 0.29) is 16.6 Å². The molecule has 1 aliphatic heterocycles. The lowest BCUT2D eigenvalue weighted by molar-refractivity contribution is -0.137. The molecule has 2 atom stereocenters. The third kappa shape index (κ3) is 6.03. The van der Waals surface area contributed by atoms with Gasteiger partial charge in [-0.2, -0.15) is 13.2 Å². The van der Waals surface area contributed by atoms with Crippen molar-refractivity contribution in [3.05, 3.63) is 53.0 Å². The van der Waals surface area contributed by atoms with Crippen LogP contribution in [0.1, 0.15) is 44.0 Å². The summed E-state index contributed by atoms with van der Waals surface area (Å²) in [7, 11) is -2.30. The average Bonchev–Trinajstić information content (AvgIpc) is 3.12. The molecule has 1 aliphatic rings. The van der Waals surface area contributed by atoms with Crippen molar-refractivity contribution in [1.29, 1.82) is 0 Å². The number of alkyl halides is 3. The Morgan fingerprint density at radius 3 is 2.37 bits per heavy atom. The van der Waals surface area contributed by atoms with Crippen LogP contribution < -0.4 is 10.2 Å². The standard InChI is InChI=1S/C25H33F4N3O2Si/c1-15-12-18(8-9-19(15)26)31-23(33)22-20(34-35(6,7)24(3,4)5)10-11-32(22)21-14-17(25(27,28)29)13-16(2)30-21/h8-9,12-14,20,22H,10-11H2,1-7H3,(H,31,33)/t20-,22+/m1/s1. The van der Waals surface area contributed by atoms with Gasteiger partial charge in [-0.15, -0.1) is 0 Å². The molecular formula is C25H33F4N3O2Si. The first-order chi connectivity index (χ1) is 16.0. The van der Waals surface area contributed by atoms with Crippen LogP contribution in [-0.4, -0.2) is 37.9 Å². The Kier molecular flexibility index (Phi) is 7.39. The number of benzene rings is 1. The Hall–Kier alpha value is -2.46. The Bertz CT molecular complexity index is 1100. The Labute approximate surface area is 205 Å². The van der Waals surface area contributed by atoms with Crippen LogP contribution in [0.3, 0.4) is 0 Å². The highest BCUT2D eigenvalue weighted by Crippen LogP contribution is 2.40. The summed E-state index contributed by atoms with van der Waals surface area (Å²) in [5, 5.41) is 2.68. The summed E-state index contributed by atoms with van der Waals surface area (Å²) in [6.07, 6.45) is -4.61. The zero-order valence-corrected chi connectivity index (χ0v) is 22.2. The van der Waals surface area contributed by atoms with Crippen LogP contribution in [0.25, 0.3) is 0 Å². The lowest BCUT2D eigenvalue weighted by Crippen LogP contribution is -2.52. The molecule has 1 aromatic heterocycles. The van der Waals surface area contributed by atoms with Crippen LogP contribution in [0.2, 0.25) is 18.1 Å². The van der Waals surface area contributed by atoms with Crippen molar-refractivity contribution in [3.63, 3.8) is 0 Å². The number of aromatic nitrogens is 1. The zero-order valence-electron chi connectivity index (χ0n) is 21.2. The van der Waals surface area contributed by atoms with E-state index in [0.717, 1.165) is 12.1 Å². The summed E-state index contributed by atoms with van der Waals surface area (Å²) >= 11 is 0. The van der Waals surface area contributed by atoms with Crippen molar-refractivity contribution in [3.8, 4) is 0 Å². The molecule has 3 rings (SSSR count). The van der Waals surface area contributed by atoms with E-state index in [1.165, 1.54) is 25.1 Å². The van der Waals surface area contributed by atoms with Gasteiger partial charge in [0, 0.05) is 17.9 Å². The van der Waals surface area contributed by atoms with Gasteiger partial charge in [0.25, 0.3) is 0 Å². The van der Waals surface area contributed by atoms with Crippen molar-refractivity contribution in [2.45, 2.75) is 77.5 Å². The molecule has 0 spiro atoms. The summed E-state index contributed by atoms with van der Waals surface area (Å²) in [6, 6.07) is 5.30. The highest BCUT2D eigenvalue weighted by atomic mass is 28.4. The second-order valence-corrected chi connectivity index (χ2v) is 15.4. The fraction of sp³-hybridized carbons (Fsp3) is 0.520. The Morgan fingerprint density at radius 2 is 1.80 bits per heavy atom. The highest BCUT2D eigenvalue weighted by Gasteiger charge is 2.47. The van der Waals surface area contributed by atoms with Gasteiger partial charge in [-0.3, -0.25) is 4.79 Å². The van der Waals surface area contributed by atoms with Crippen LogP contribution in [0.15, 0.2) is 30.3 Å². The molecule has 5 nitrogen and oxygen atoms in total. The average molecular weight is 512 g/mol. The van der Waals surface area contributed by atoms with Gasteiger partial charge >= 0.3 is 6.18 Å². The van der Waals surface area contributed by atoms with Crippen molar-refractivity contribution in [1.82, 2.24) is 4.98 Å². The van der Waals surface area contributed by atoms with Gasteiger partial charge < -0.3 is 14.6 Å². The maximum atomic E-state index is 13.7. The fourth-order valence-corrected chi connectivity index (χ4v) is 5.27. The van der Waals surface area contributed by atoms with Crippen LogP contribution >= 0.6 is 0 Å². The van der Waals surface area contributed by atoms with Crippen LogP contribution in [-0.2, 0) is 15.4 Å². The minimum atomic E-state index is -4.54. The minimum absolute atomic E-state index is 0.0779. The van der Waals surface area contributed by atoms with E-state index < -0.39 is 43.9 Å². The SMILES string of the molecule is Cc1cc(C(F)(F)F)cc(N2CC[C@@H](O[Si](C)(C)C(C)(C)C)[C@H]2C(=O)Nc2ccc(F)c(C)c2)n1. The summed E-state index contributed by atoms with van der Waals surface area (Å²) < 4.78 is 60.8. The maximum Gasteiger partial charge on any atom is 0.416 e. The number of amides is 1. The number of pyridine rings is 1. The first kappa shape index (κ1) is 27.1. The van der Waals surface area contributed by atoms with E-state index in [1.807, 2.05) is 0 Å². The second kappa shape index (κ2) is 9.53. The van der Waals surface area contributed by atoms with Gasteiger partial charge in [-0.05, 0) is 74.3 Å². The van der Waals surface area contributed by atoms with Crippen LogP contribution in [0.4, 0.5) is 29.1 Å². The third-order valence-electron chi connectivity index (χ3n) is 6.85. The molecule has 0 bridgehead atoms. The molecule has 192 valence electrons. The van der Waals surface area contributed by atoms with Crippen molar-refractivity contribution < 1.29 is 26.8 Å². The van der Waals surface area contributed by atoms with E-state index >= 15 is 0 Å². The molecule has 2 aromatic rings. The van der Waals surface area contributed by atoms with Crippen molar-refractivity contribution >= 4 is 25.7 Å². The smallest absolute Gasteiger partial charge is 0.411 e. The second-order valence-electron chi connectivity index (χ2n) is 10.6. The number of anilines is 2. The monoisotopic (exact) mass is 511 g/mol. The molecule has 1 fully saturated rings. The summed E-state index contributed by atoms with van der Waals surface area (Å²) in [6.45, 7) is 13.8. The lowest BCUT2D eigenvalue weighted by Gasteiger charge is -2.40. The number of rotatable bonds is 5. The van der Waals surface area contributed by atoms with E-state index in [0.29, 0.717) is 24.2 Å². The molecule has 0 unspecified atom stereocenters. The first-order valence-corrected chi connectivity index (χ1v) is 14.5. The molecule has 1 N–H and O–H groups in total. The molecule has 1 aromatic carbocycles. The predicted molar refractivity (Wildman–Crippen MR) is 132 cm³/mol. The van der Waals surface area contributed by atoms with Gasteiger partial charge in [0.15, 0.2) is 8.32 Å². The van der Waals surface area contributed by atoms with Crippen LogP contribution in [0.5, 0.6) is 0 Å². The first-order valence-electron chi connectivity index (χ1n) is 11.6. The van der Waals surface area contributed by atoms with Crippen molar-refractivity contribution in [2.75, 3.05) is 16.8 Å². The largest absolute Gasteiger partial charge is 0.416 e. The number of nitrogens with zero attached hydrogens (tertiary/aromatic N) is 2. The number of aryl methyl sites for hydroxylation is 2. The molecular weight excluding hydrogens is 478 g/mol. The number of hydrogen-bond donors (Lipinski definition) is 1. The number of hydrogen-bond acceptors (Lipinski definition) is 4. The van der Waals surface area contributed by atoms with Crippen LogP contribution in [0, 0.1) is 19.7 Å². The van der Waals surface area contributed by atoms with Gasteiger partial charge in [-0.25, -0.2) is 9.37 Å². The number of halogens is 4. The molecule has 2 heterocycles. The van der Waals surface area contributed by atoms with E-state index in [2.05, 4.69) is 44.2 Å². The molecule has 0 radical (unpaired) electrons. The number of carbonyl (C=O) groups is 1. The number of nitrogens with one attached hydrogen (secondary N) is 1. The minimum Gasteiger partial charge on any atom is -0.411 e. The third-order valence-corrected chi connectivity index (χ3v) is 11.4. The van der Waals surface area contributed by atoms with Crippen molar-refractivity contribution in [2.24, 2.45) is 0 Å². The zero-order chi connectivity index (χ0) is 26.3. The van der Waals surface area contributed by atoms with E-state index in [1.54, 1.807) is 11.8 Å². The molecule has 0 aliphatic carbocycles. The normalized spacial score (nSPS) is 19.2. The molecule has 0 saturated carbocycles. The predicted octanol–water partition coefficient (Wildman–Crippen LogP) is 6.46. The highest BCUT2D eigenvalue weighted by molar-refractivity contribution is 6.74. The molecule has 1 amide bonds. The van der Waals surface area contributed by atoms with E-state index in [9.17, 15) is 22.4 Å². The molecule has 1 saturated heterocycles. The Morgan fingerprint density at radius 1 is 1.14 bits per heavy atom. The topological polar surface area (TPSA) is 54.5 Å².